The summed E-state index contributed by atoms with van der Waals surface area (Å²) in [5.41, 5.74) is 9.76. The molecule has 1 aromatic heterocycles. The molecule has 4 rings (SSSR count). The number of benzene rings is 2. The largest absolute Gasteiger partial charge is 0.388 e. The predicted octanol–water partition coefficient (Wildman–Crippen LogP) is 3.50. The summed E-state index contributed by atoms with van der Waals surface area (Å²) in [6.45, 7) is 0. The zero-order valence-corrected chi connectivity index (χ0v) is 14.7. The van der Waals surface area contributed by atoms with Gasteiger partial charge < -0.3 is 11.1 Å². The minimum Gasteiger partial charge on any atom is -0.388 e. The fourth-order valence-electron chi connectivity index (χ4n) is 2.70. The van der Waals surface area contributed by atoms with Crippen molar-refractivity contribution in [3.05, 3.63) is 78.1 Å². The van der Waals surface area contributed by atoms with Gasteiger partial charge in [0.15, 0.2) is 5.82 Å². The van der Waals surface area contributed by atoms with Crippen molar-refractivity contribution in [2.24, 2.45) is 5.73 Å². The zero-order valence-electron chi connectivity index (χ0n) is 14.7. The van der Waals surface area contributed by atoms with E-state index in [1.165, 1.54) is 5.56 Å². The Morgan fingerprint density at radius 2 is 1.77 bits per heavy atom. The molecular weight excluding hydrogens is 324 g/mol. The molecule has 1 aliphatic rings. The van der Waals surface area contributed by atoms with Crippen molar-refractivity contribution in [1.29, 1.82) is 0 Å². The minimum absolute atomic E-state index is 0.312. The molecule has 5 heteroatoms. The minimum atomic E-state index is 0.312. The molecule has 132 valence electrons. The lowest BCUT2D eigenvalue weighted by Gasteiger charge is -2.01. The lowest BCUT2D eigenvalue weighted by Crippen LogP contribution is -2.01. The summed E-state index contributed by atoms with van der Waals surface area (Å²) in [7, 11) is 1.90. The zero-order chi connectivity index (χ0) is 18.4. The van der Waals surface area contributed by atoms with Crippen molar-refractivity contribution in [2.75, 3.05) is 12.4 Å². The molecule has 2 unspecified atom stereocenters. The SMILES string of the molecule is CNc1ccc(-c2ncccn2)cc1.NC1CC1c1cccc(C=O)c1. The molecule has 5 nitrogen and oxygen atoms in total. The average Bonchev–Trinajstić information content (AvgIpc) is 3.46. The number of hydrogen-bond acceptors (Lipinski definition) is 5. The molecule has 3 N–H and O–H groups in total. The number of anilines is 1. The van der Waals surface area contributed by atoms with E-state index in [4.69, 9.17) is 5.73 Å². The number of aromatic nitrogens is 2. The highest BCUT2D eigenvalue weighted by Gasteiger charge is 2.34. The topological polar surface area (TPSA) is 80.9 Å². The van der Waals surface area contributed by atoms with Crippen molar-refractivity contribution in [3.8, 4) is 11.4 Å². The molecule has 3 aromatic rings. The van der Waals surface area contributed by atoms with Crippen LogP contribution in [-0.4, -0.2) is 29.3 Å². The Kier molecular flexibility index (Phi) is 5.71. The van der Waals surface area contributed by atoms with E-state index in [0.717, 1.165) is 35.3 Å². The second kappa shape index (κ2) is 8.36. The van der Waals surface area contributed by atoms with Crippen LogP contribution in [0.25, 0.3) is 11.4 Å². The van der Waals surface area contributed by atoms with E-state index in [1.54, 1.807) is 12.4 Å². The van der Waals surface area contributed by atoms with Gasteiger partial charge in [0.1, 0.15) is 6.29 Å². The maximum atomic E-state index is 10.5. The first-order chi connectivity index (χ1) is 12.7. The Balaban J connectivity index is 0.000000152. The Morgan fingerprint density at radius 3 is 2.35 bits per heavy atom. The predicted molar refractivity (Wildman–Crippen MR) is 104 cm³/mol. The third kappa shape index (κ3) is 4.52. The first-order valence-electron chi connectivity index (χ1n) is 8.57. The number of nitrogens with one attached hydrogen (secondary N) is 1. The van der Waals surface area contributed by atoms with Crippen LogP contribution < -0.4 is 11.1 Å². The normalized spacial score (nSPS) is 17.6. The van der Waals surface area contributed by atoms with Crippen LogP contribution in [0.15, 0.2) is 67.0 Å². The number of carbonyl (C=O) groups is 1. The van der Waals surface area contributed by atoms with Gasteiger partial charge in [0.05, 0.1) is 0 Å². The van der Waals surface area contributed by atoms with Gasteiger partial charge in [0.25, 0.3) is 0 Å². The van der Waals surface area contributed by atoms with Crippen molar-refractivity contribution < 1.29 is 4.79 Å². The third-order valence-corrected chi connectivity index (χ3v) is 4.31. The van der Waals surface area contributed by atoms with Gasteiger partial charge >= 0.3 is 0 Å². The molecule has 1 fully saturated rings. The highest BCUT2D eigenvalue weighted by Crippen LogP contribution is 2.38. The third-order valence-electron chi connectivity index (χ3n) is 4.31. The summed E-state index contributed by atoms with van der Waals surface area (Å²) in [5.74, 6) is 1.25. The second-order valence-electron chi connectivity index (χ2n) is 6.19. The van der Waals surface area contributed by atoms with Gasteiger partial charge in [-0.2, -0.15) is 0 Å². The van der Waals surface area contributed by atoms with Gasteiger partial charge in [-0.05, 0) is 48.4 Å². The van der Waals surface area contributed by atoms with Gasteiger partial charge in [0, 0.05) is 48.2 Å². The quantitative estimate of drug-likeness (QED) is 0.707. The maximum Gasteiger partial charge on any atom is 0.159 e. The molecule has 2 aromatic carbocycles. The number of nitrogens with two attached hydrogens (primary N) is 1. The van der Waals surface area contributed by atoms with Crippen LogP contribution in [-0.2, 0) is 0 Å². The first-order valence-corrected chi connectivity index (χ1v) is 8.57. The van der Waals surface area contributed by atoms with Gasteiger partial charge in [0.2, 0.25) is 0 Å². The van der Waals surface area contributed by atoms with E-state index in [2.05, 4.69) is 15.3 Å². The highest BCUT2D eigenvalue weighted by atomic mass is 16.1. The standard InChI is InChI=1S/C11H11N3.C10H11NO/c1-12-10-5-3-9(4-6-10)11-13-7-2-8-14-11;11-10-5-9(10)8-3-1-2-7(4-8)6-12/h2-8,12H,1H3;1-4,6,9-10H,5,11H2. The highest BCUT2D eigenvalue weighted by molar-refractivity contribution is 5.75. The van der Waals surface area contributed by atoms with Crippen LogP contribution in [0.2, 0.25) is 0 Å². The van der Waals surface area contributed by atoms with Gasteiger partial charge in [-0.15, -0.1) is 0 Å². The summed E-state index contributed by atoms with van der Waals surface area (Å²) in [6.07, 6.45) is 5.42. The Hall–Kier alpha value is -3.05. The molecular formula is C21H22N4O. The van der Waals surface area contributed by atoms with Crippen LogP contribution in [0.4, 0.5) is 5.69 Å². The number of rotatable bonds is 4. The van der Waals surface area contributed by atoms with Crippen LogP contribution in [0, 0.1) is 0 Å². The molecule has 1 saturated carbocycles. The summed E-state index contributed by atoms with van der Waals surface area (Å²) >= 11 is 0. The lowest BCUT2D eigenvalue weighted by molar-refractivity contribution is 0.112. The molecule has 1 aliphatic carbocycles. The summed E-state index contributed by atoms with van der Waals surface area (Å²) < 4.78 is 0. The van der Waals surface area contributed by atoms with E-state index in [-0.39, 0.29) is 0 Å². The molecule has 0 bridgehead atoms. The van der Waals surface area contributed by atoms with Crippen LogP contribution in [0.1, 0.15) is 28.3 Å². The van der Waals surface area contributed by atoms with Gasteiger partial charge in [-0.1, -0.05) is 18.2 Å². The Bertz CT molecular complexity index is 849. The maximum absolute atomic E-state index is 10.5. The first kappa shape index (κ1) is 17.8. The van der Waals surface area contributed by atoms with E-state index in [1.807, 2.05) is 61.6 Å². The van der Waals surface area contributed by atoms with E-state index < -0.39 is 0 Å². The number of hydrogen-bond donors (Lipinski definition) is 2. The monoisotopic (exact) mass is 346 g/mol. The second-order valence-corrected chi connectivity index (χ2v) is 6.19. The van der Waals surface area contributed by atoms with Crippen molar-refractivity contribution >= 4 is 12.0 Å². The summed E-state index contributed by atoms with van der Waals surface area (Å²) in [6, 6.07) is 17.8. The molecule has 26 heavy (non-hydrogen) atoms. The van der Waals surface area contributed by atoms with Crippen LogP contribution in [0.5, 0.6) is 0 Å². The Morgan fingerprint density at radius 1 is 1.08 bits per heavy atom. The fraction of sp³-hybridized carbons (Fsp3) is 0.190. The van der Waals surface area contributed by atoms with Crippen molar-refractivity contribution in [1.82, 2.24) is 9.97 Å². The lowest BCUT2D eigenvalue weighted by atomic mass is 10.1. The Labute approximate surface area is 153 Å². The van der Waals surface area contributed by atoms with E-state index >= 15 is 0 Å². The summed E-state index contributed by atoms with van der Waals surface area (Å²) in [5, 5.41) is 3.06. The fourth-order valence-corrected chi connectivity index (χ4v) is 2.70. The molecule has 0 saturated heterocycles. The van der Waals surface area contributed by atoms with Crippen molar-refractivity contribution in [2.45, 2.75) is 18.4 Å². The molecule has 0 aliphatic heterocycles. The van der Waals surface area contributed by atoms with Crippen LogP contribution >= 0.6 is 0 Å². The number of nitrogens with zero attached hydrogens (tertiary/aromatic N) is 2. The van der Waals surface area contributed by atoms with E-state index in [9.17, 15) is 4.79 Å². The molecule has 0 spiro atoms. The smallest absolute Gasteiger partial charge is 0.159 e. The van der Waals surface area contributed by atoms with Crippen molar-refractivity contribution in [3.63, 3.8) is 0 Å². The van der Waals surface area contributed by atoms with E-state index in [0.29, 0.717) is 12.0 Å². The van der Waals surface area contributed by atoms with Crippen LogP contribution in [0.3, 0.4) is 0 Å². The summed E-state index contributed by atoms with van der Waals surface area (Å²) in [4.78, 5) is 18.8. The van der Waals surface area contributed by atoms with Gasteiger partial charge in [-0.25, -0.2) is 9.97 Å². The molecule has 2 atom stereocenters. The number of aldehydes is 1. The van der Waals surface area contributed by atoms with Gasteiger partial charge in [-0.3, -0.25) is 4.79 Å². The molecule has 0 radical (unpaired) electrons. The molecule has 0 amide bonds. The molecule has 1 heterocycles. The average molecular weight is 346 g/mol. The number of carbonyl (C=O) groups excluding carboxylic acids is 1.